The second kappa shape index (κ2) is 9.16. The number of rotatable bonds is 7. The van der Waals surface area contributed by atoms with Crippen LogP contribution in [0.5, 0.6) is 0 Å². The van der Waals surface area contributed by atoms with Gasteiger partial charge in [0.1, 0.15) is 0 Å². The fraction of sp³-hybridized carbons (Fsp3) is 0.0952. The second-order valence-corrected chi connectivity index (χ2v) is 8.50. The smallest absolute Gasteiger partial charge is 0.316 e. The minimum atomic E-state index is -0.760. The molecule has 0 radical (unpaired) electrons. The zero-order valence-electron chi connectivity index (χ0n) is 16.6. The van der Waals surface area contributed by atoms with Gasteiger partial charge in [0.15, 0.2) is 5.78 Å². The first-order valence-corrected chi connectivity index (χ1v) is 10.7. The van der Waals surface area contributed by atoms with Crippen LogP contribution in [0.25, 0.3) is 11.4 Å². The molecule has 0 saturated heterocycles. The van der Waals surface area contributed by atoms with E-state index in [4.69, 9.17) is 17.3 Å². The average molecular weight is 469 g/mol. The summed E-state index contributed by atoms with van der Waals surface area (Å²) in [5.41, 5.74) is 7.12. The SMILES string of the molecule is NC(=O)Nc1cc(-n2ccccc2=O)ccc1-n1cc(CCC(=O)c2ccc(Cl)s2)nn1. The van der Waals surface area contributed by atoms with Crippen LogP contribution in [-0.4, -0.2) is 31.4 Å². The van der Waals surface area contributed by atoms with Crippen LogP contribution in [0.1, 0.15) is 21.8 Å². The normalized spacial score (nSPS) is 10.8. The molecule has 1 aromatic carbocycles. The van der Waals surface area contributed by atoms with E-state index in [0.29, 0.717) is 38.4 Å². The summed E-state index contributed by atoms with van der Waals surface area (Å²) in [6.45, 7) is 0. The highest BCUT2D eigenvalue weighted by Crippen LogP contribution is 2.25. The first-order valence-electron chi connectivity index (χ1n) is 9.49. The molecule has 0 saturated carbocycles. The van der Waals surface area contributed by atoms with Crippen LogP contribution in [0.3, 0.4) is 0 Å². The molecule has 3 aromatic heterocycles. The molecule has 2 amide bonds. The number of ketones is 1. The van der Waals surface area contributed by atoms with Gasteiger partial charge < -0.3 is 11.1 Å². The van der Waals surface area contributed by atoms with Crippen molar-refractivity contribution in [1.82, 2.24) is 19.6 Å². The van der Waals surface area contributed by atoms with Gasteiger partial charge in [0.05, 0.1) is 38.2 Å². The summed E-state index contributed by atoms with van der Waals surface area (Å²) in [4.78, 5) is 36.6. The van der Waals surface area contributed by atoms with Crippen LogP contribution in [0, 0.1) is 0 Å². The second-order valence-electron chi connectivity index (χ2n) is 6.78. The number of benzene rings is 1. The van der Waals surface area contributed by atoms with Gasteiger partial charge in [-0.1, -0.05) is 22.9 Å². The predicted octanol–water partition coefficient (Wildman–Crippen LogP) is 3.44. The number of hydrogen-bond donors (Lipinski definition) is 2. The molecule has 0 aliphatic carbocycles. The lowest BCUT2D eigenvalue weighted by atomic mass is 10.1. The van der Waals surface area contributed by atoms with Crippen molar-refractivity contribution in [3.8, 4) is 11.4 Å². The lowest BCUT2D eigenvalue weighted by Gasteiger charge is -2.12. The summed E-state index contributed by atoms with van der Waals surface area (Å²) in [5, 5.41) is 10.8. The molecule has 162 valence electrons. The van der Waals surface area contributed by atoms with E-state index in [2.05, 4.69) is 15.6 Å². The van der Waals surface area contributed by atoms with Gasteiger partial charge >= 0.3 is 6.03 Å². The fourth-order valence-electron chi connectivity index (χ4n) is 3.11. The van der Waals surface area contributed by atoms with E-state index in [-0.39, 0.29) is 17.8 Å². The molecule has 0 unspecified atom stereocenters. The van der Waals surface area contributed by atoms with Crippen molar-refractivity contribution in [2.24, 2.45) is 5.73 Å². The topological polar surface area (TPSA) is 125 Å². The zero-order valence-corrected chi connectivity index (χ0v) is 18.1. The minimum Gasteiger partial charge on any atom is -0.351 e. The van der Waals surface area contributed by atoms with Gasteiger partial charge in [-0.05, 0) is 36.4 Å². The number of Topliss-reactive ketones (excluding diaryl/α,β-unsaturated/α-hetero) is 1. The summed E-state index contributed by atoms with van der Waals surface area (Å²) in [6.07, 6.45) is 3.95. The number of anilines is 1. The third-order valence-corrected chi connectivity index (χ3v) is 5.85. The molecule has 11 heteroatoms. The Hall–Kier alpha value is -3.76. The maximum atomic E-state index is 12.3. The summed E-state index contributed by atoms with van der Waals surface area (Å²) >= 11 is 7.12. The molecule has 32 heavy (non-hydrogen) atoms. The van der Waals surface area contributed by atoms with Gasteiger partial charge in [-0.2, -0.15) is 0 Å². The Morgan fingerprint density at radius 2 is 2.00 bits per heavy atom. The lowest BCUT2D eigenvalue weighted by Crippen LogP contribution is -2.21. The van der Waals surface area contributed by atoms with Crippen molar-refractivity contribution in [2.75, 3.05) is 5.32 Å². The number of primary amides is 1. The fourth-order valence-corrected chi connectivity index (χ4v) is 4.12. The number of nitrogens with one attached hydrogen (secondary N) is 1. The molecule has 0 bridgehead atoms. The van der Waals surface area contributed by atoms with Crippen LogP contribution in [0.2, 0.25) is 4.34 Å². The van der Waals surface area contributed by atoms with Gasteiger partial charge in [-0.25, -0.2) is 9.48 Å². The number of thiophene rings is 1. The predicted molar refractivity (Wildman–Crippen MR) is 122 cm³/mol. The number of aromatic nitrogens is 4. The van der Waals surface area contributed by atoms with E-state index in [1.165, 1.54) is 26.7 Å². The van der Waals surface area contributed by atoms with Gasteiger partial charge in [0.2, 0.25) is 0 Å². The van der Waals surface area contributed by atoms with E-state index in [1.54, 1.807) is 54.9 Å². The molecule has 9 nitrogen and oxygen atoms in total. The zero-order chi connectivity index (χ0) is 22.7. The highest BCUT2D eigenvalue weighted by molar-refractivity contribution is 7.18. The molecular weight excluding hydrogens is 452 g/mol. The van der Waals surface area contributed by atoms with Crippen molar-refractivity contribution in [3.05, 3.63) is 86.2 Å². The number of nitrogens with two attached hydrogens (primary N) is 1. The standard InChI is InChI=1S/C21H17ClN6O3S/c22-19-9-8-18(32-19)17(29)7-4-13-12-28(26-25-13)16-6-5-14(11-15(16)24-21(23)31)27-10-2-1-3-20(27)30/h1-3,5-6,8-12H,4,7H2,(H3,23,24,31). The van der Waals surface area contributed by atoms with Crippen LogP contribution in [-0.2, 0) is 6.42 Å². The molecule has 0 spiro atoms. The van der Waals surface area contributed by atoms with Gasteiger partial charge in [-0.15, -0.1) is 16.4 Å². The van der Waals surface area contributed by atoms with Gasteiger partial charge in [0, 0.05) is 25.1 Å². The molecule has 0 atom stereocenters. The number of urea groups is 1. The minimum absolute atomic E-state index is 0.0230. The number of carbonyl (C=O) groups is 2. The van der Waals surface area contributed by atoms with Crippen LogP contribution < -0.4 is 16.6 Å². The Kier molecular flexibility index (Phi) is 6.15. The maximum absolute atomic E-state index is 12.3. The number of halogens is 1. The van der Waals surface area contributed by atoms with Crippen molar-refractivity contribution < 1.29 is 9.59 Å². The Balaban J connectivity index is 1.58. The lowest BCUT2D eigenvalue weighted by molar-refractivity contribution is 0.0986. The molecule has 0 fully saturated rings. The van der Waals surface area contributed by atoms with Crippen LogP contribution in [0.4, 0.5) is 10.5 Å². The average Bonchev–Trinajstić information content (AvgIpc) is 3.41. The summed E-state index contributed by atoms with van der Waals surface area (Å²) in [5.74, 6) is -0.0230. The monoisotopic (exact) mass is 468 g/mol. The summed E-state index contributed by atoms with van der Waals surface area (Å²) < 4.78 is 3.48. The first kappa shape index (κ1) is 21.5. The number of nitrogens with zero attached hydrogens (tertiary/aromatic N) is 4. The summed E-state index contributed by atoms with van der Waals surface area (Å²) in [7, 11) is 0. The van der Waals surface area contributed by atoms with E-state index in [0.717, 1.165) is 0 Å². The molecule has 3 heterocycles. The number of hydrogen-bond acceptors (Lipinski definition) is 6. The first-order chi connectivity index (χ1) is 15.4. The number of carbonyl (C=O) groups excluding carboxylic acids is 2. The molecule has 0 aliphatic heterocycles. The number of pyridine rings is 1. The Bertz CT molecular complexity index is 1360. The van der Waals surface area contributed by atoms with E-state index < -0.39 is 6.03 Å². The highest BCUT2D eigenvalue weighted by atomic mass is 35.5. The van der Waals surface area contributed by atoms with Crippen molar-refractivity contribution in [2.45, 2.75) is 12.8 Å². The van der Waals surface area contributed by atoms with Gasteiger partial charge in [0.25, 0.3) is 5.56 Å². The van der Waals surface area contributed by atoms with Crippen LogP contribution >= 0.6 is 22.9 Å². The van der Waals surface area contributed by atoms with Crippen molar-refractivity contribution >= 4 is 40.4 Å². The van der Waals surface area contributed by atoms with E-state index in [1.807, 2.05) is 0 Å². The molecule has 0 aliphatic rings. The van der Waals surface area contributed by atoms with E-state index in [9.17, 15) is 14.4 Å². The largest absolute Gasteiger partial charge is 0.351 e. The molecule has 3 N–H and O–H groups in total. The number of aryl methyl sites for hydroxylation is 1. The van der Waals surface area contributed by atoms with Crippen molar-refractivity contribution in [3.63, 3.8) is 0 Å². The molecular formula is C21H17ClN6O3S. The number of amides is 2. The third-order valence-electron chi connectivity index (χ3n) is 4.58. The maximum Gasteiger partial charge on any atom is 0.316 e. The quantitative estimate of drug-likeness (QED) is 0.402. The van der Waals surface area contributed by atoms with Crippen molar-refractivity contribution in [1.29, 1.82) is 0 Å². The molecule has 4 aromatic rings. The van der Waals surface area contributed by atoms with E-state index >= 15 is 0 Å². The van der Waals surface area contributed by atoms with Crippen LogP contribution in [0.15, 0.2) is 65.7 Å². The summed E-state index contributed by atoms with van der Waals surface area (Å²) in [6, 6.07) is 12.5. The Morgan fingerprint density at radius 1 is 1.16 bits per heavy atom. The highest BCUT2D eigenvalue weighted by Gasteiger charge is 2.14. The third kappa shape index (κ3) is 4.76. The Labute approximate surface area is 191 Å². The van der Waals surface area contributed by atoms with Gasteiger partial charge in [-0.3, -0.25) is 14.2 Å². The molecule has 4 rings (SSSR count). The Morgan fingerprint density at radius 3 is 2.72 bits per heavy atom.